The van der Waals surface area contributed by atoms with Gasteiger partial charge in [-0.05, 0) is 24.5 Å². The van der Waals surface area contributed by atoms with E-state index in [1.807, 2.05) is 18.2 Å². The average Bonchev–Trinajstić information content (AvgIpc) is 3.17. The molecule has 1 saturated heterocycles. The Morgan fingerprint density at radius 2 is 2.04 bits per heavy atom. The highest BCUT2D eigenvalue weighted by Crippen LogP contribution is 2.27. The summed E-state index contributed by atoms with van der Waals surface area (Å²) < 4.78 is 5.97. The molecule has 6 nitrogen and oxygen atoms in total. The third-order valence-electron chi connectivity index (χ3n) is 4.85. The van der Waals surface area contributed by atoms with Gasteiger partial charge in [0.15, 0.2) is 5.89 Å². The molecule has 0 bridgehead atoms. The van der Waals surface area contributed by atoms with Gasteiger partial charge in [-0.2, -0.15) is 0 Å². The van der Waals surface area contributed by atoms with E-state index in [1.54, 1.807) is 23.2 Å². The van der Waals surface area contributed by atoms with Crippen LogP contribution in [0, 0.1) is 0 Å². The molecule has 3 heterocycles. The van der Waals surface area contributed by atoms with Gasteiger partial charge in [-0.15, -0.1) is 0 Å². The zero-order chi connectivity index (χ0) is 18.6. The van der Waals surface area contributed by atoms with Gasteiger partial charge in [0.1, 0.15) is 11.5 Å². The largest absolute Gasteiger partial charge is 0.445 e. The van der Waals surface area contributed by atoms with Crippen molar-refractivity contribution in [1.29, 1.82) is 0 Å². The van der Waals surface area contributed by atoms with Gasteiger partial charge in [-0.25, -0.2) is 4.98 Å². The van der Waals surface area contributed by atoms with Crippen molar-refractivity contribution in [1.82, 2.24) is 14.9 Å². The Morgan fingerprint density at radius 3 is 2.85 bits per heavy atom. The molecule has 0 aliphatic carbocycles. The minimum Gasteiger partial charge on any atom is -0.445 e. The van der Waals surface area contributed by atoms with Crippen LogP contribution in [-0.2, 0) is 6.42 Å². The number of aromatic nitrogens is 2. The topological polar surface area (TPSA) is 79.2 Å². The van der Waals surface area contributed by atoms with Crippen molar-refractivity contribution < 1.29 is 9.21 Å². The molecule has 1 aliphatic rings. The summed E-state index contributed by atoms with van der Waals surface area (Å²) in [6.45, 7) is 1.21. The Hall–Kier alpha value is -3.15. The predicted molar refractivity (Wildman–Crippen MR) is 101 cm³/mol. The molecule has 1 fully saturated rings. The first-order valence-electron chi connectivity index (χ1n) is 9.16. The molecule has 1 aliphatic heterocycles. The van der Waals surface area contributed by atoms with Crippen LogP contribution in [0.3, 0.4) is 0 Å². The number of amides is 1. The van der Waals surface area contributed by atoms with Gasteiger partial charge < -0.3 is 14.3 Å². The number of nitrogens with one attached hydrogen (secondary N) is 1. The molecule has 0 spiro atoms. The number of oxazole rings is 1. The highest BCUT2D eigenvalue weighted by molar-refractivity contribution is 5.92. The van der Waals surface area contributed by atoms with Gasteiger partial charge in [0, 0.05) is 25.6 Å². The summed E-state index contributed by atoms with van der Waals surface area (Å²) in [6, 6.07) is 14.7. The average molecular weight is 363 g/mol. The first-order valence-corrected chi connectivity index (χ1v) is 9.16. The number of rotatable bonds is 4. The van der Waals surface area contributed by atoms with Crippen LogP contribution in [0.2, 0.25) is 0 Å². The maximum atomic E-state index is 12.7. The zero-order valence-corrected chi connectivity index (χ0v) is 14.9. The first-order chi connectivity index (χ1) is 13.2. The number of piperidine rings is 1. The van der Waals surface area contributed by atoms with Crippen molar-refractivity contribution in [3.8, 4) is 0 Å². The fraction of sp³-hybridized carbons (Fsp3) is 0.286. The lowest BCUT2D eigenvalue weighted by Gasteiger charge is -2.31. The molecule has 1 atom stereocenters. The lowest BCUT2D eigenvalue weighted by atomic mass is 9.97. The second-order valence-electron chi connectivity index (χ2n) is 6.85. The van der Waals surface area contributed by atoms with Gasteiger partial charge in [-0.3, -0.25) is 9.59 Å². The normalized spacial score (nSPS) is 17.0. The number of hydrogen-bond acceptors (Lipinski definition) is 4. The maximum Gasteiger partial charge on any atom is 0.270 e. The second kappa shape index (κ2) is 7.61. The number of hydrogen-bond donors (Lipinski definition) is 1. The molecule has 1 N–H and O–H groups in total. The maximum absolute atomic E-state index is 12.7. The predicted octanol–water partition coefficient (Wildman–Crippen LogP) is 2.97. The highest BCUT2D eigenvalue weighted by atomic mass is 16.4. The van der Waals surface area contributed by atoms with Gasteiger partial charge in [0.05, 0.1) is 12.1 Å². The van der Waals surface area contributed by atoms with E-state index in [2.05, 4.69) is 22.1 Å². The number of carbonyl (C=O) groups excluding carboxylic acids is 1. The lowest BCUT2D eigenvalue weighted by molar-refractivity contribution is 0.0691. The van der Waals surface area contributed by atoms with E-state index in [0.29, 0.717) is 31.1 Å². The van der Waals surface area contributed by atoms with Crippen LogP contribution in [-0.4, -0.2) is 33.9 Å². The van der Waals surface area contributed by atoms with Gasteiger partial charge >= 0.3 is 0 Å². The fourth-order valence-electron chi connectivity index (χ4n) is 3.50. The summed E-state index contributed by atoms with van der Waals surface area (Å²) in [4.78, 5) is 33.0. The smallest absolute Gasteiger partial charge is 0.270 e. The minimum atomic E-state index is -0.271. The quantitative estimate of drug-likeness (QED) is 0.773. The van der Waals surface area contributed by atoms with Crippen LogP contribution >= 0.6 is 0 Å². The van der Waals surface area contributed by atoms with E-state index < -0.39 is 0 Å². The number of benzene rings is 1. The Morgan fingerprint density at radius 1 is 1.19 bits per heavy atom. The van der Waals surface area contributed by atoms with Crippen LogP contribution in [0.5, 0.6) is 0 Å². The summed E-state index contributed by atoms with van der Waals surface area (Å²) >= 11 is 0. The SMILES string of the molecule is O=C(c1cccc(=O)[nH]1)N1CCC[C@H](c2ncc(Cc3ccccc3)o2)C1. The van der Waals surface area contributed by atoms with Crippen molar-refractivity contribution in [3.63, 3.8) is 0 Å². The van der Waals surface area contributed by atoms with E-state index in [-0.39, 0.29) is 17.4 Å². The number of nitrogens with zero attached hydrogens (tertiary/aromatic N) is 2. The molecule has 138 valence electrons. The van der Waals surface area contributed by atoms with Crippen LogP contribution in [0.25, 0.3) is 0 Å². The number of carbonyl (C=O) groups is 1. The van der Waals surface area contributed by atoms with Crippen molar-refractivity contribution >= 4 is 5.91 Å². The molecule has 0 saturated carbocycles. The first kappa shape index (κ1) is 17.3. The van der Waals surface area contributed by atoms with Gasteiger partial charge in [0.2, 0.25) is 5.56 Å². The molecule has 27 heavy (non-hydrogen) atoms. The van der Waals surface area contributed by atoms with Crippen molar-refractivity contribution in [3.05, 3.63) is 88.0 Å². The Bertz CT molecular complexity index is 977. The summed E-state index contributed by atoms with van der Waals surface area (Å²) in [5.41, 5.74) is 1.22. The molecular weight excluding hydrogens is 342 g/mol. The summed E-state index contributed by atoms with van der Waals surface area (Å²) in [5, 5.41) is 0. The molecule has 3 aromatic rings. The molecule has 4 rings (SSSR count). The van der Waals surface area contributed by atoms with E-state index in [0.717, 1.165) is 18.6 Å². The monoisotopic (exact) mass is 363 g/mol. The van der Waals surface area contributed by atoms with E-state index in [9.17, 15) is 9.59 Å². The zero-order valence-electron chi connectivity index (χ0n) is 14.9. The molecule has 2 aromatic heterocycles. The molecule has 6 heteroatoms. The van der Waals surface area contributed by atoms with Crippen LogP contribution in [0.15, 0.2) is 63.9 Å². The standard InChI is InChI=1S/C21H21N3O3/c25-19-10-4-9-18(23-19)21(26)24-11-5-8-16(14-24)20-22-13-17(27-20)12-15-6-2-1-3-7-15/h1-4,6-7,9-10,13,16H,5,8,11-12,14H2,(H,23,25)/t16-/m0/s1. The van der Waals surface area contributed by atoms with Crippen LogP contribution < -0.4 is 5.56 Å². The molecule has 0 unspecified atom stereocenters. The van der Waals surface area contributed by atoms with Crippen molar-refractivity contribution in [2.75, 3.05) is 13.1 Å². The third kappa shape index (κ3) is 4.00. The van der Waals surface area contributed by atoms with Crippen molar-refractivity contribution in [2.24, 2.45) is 0 Å². The Labute approximate surface area is 156 Å². The fourth-order valence-corrected chi connectivity index (χ4v) is 3.50. The number of H-pyrrole nitrogens is 1. The van der Waals surface area contributed by atoms with Crippen LogP contribution in [0.4, 0.5) is 0 Å². The van der Waals surface area contributed by atoms with E-state index >= 15 is 0 Å². The van der Waals surface area contributed by atoms with Gasteiger partial charge in [0.25, 0.3) is 5.91 Å². The molecular formula is C21H21N3O3. The Kier molecular flexibility index (Phi) is 4.87. The second-order valence-corrected chi connectivity index (χ2v) is 6.85. The number of pyridine rings is 1. The summed E-state index contributed by atoms with van der Waals surface area (Å²) in [7, 11) is 0. The summed E-state index contributed by atoms with van der Waals surface area (Å²) in [5.74, 6) is 1.42. The highest BCUT2D eigenvalue weighted by Gasteiger charge is 2.28. The molecule has 1 amide bonds. The lowest BCUT2D eigenvalue weighted by Crippen LogP contribution is -2.40. The number of aromatic amines is 1. The van der Waals surface area contributed by atoms with Crippen molar-refractivity contribution in [2.45, 2.75) is 25.2 Å². The Balaban J connectivity index is 1.45. The van der Waals surface area contributed by atoms with Crippen LogP contribution in [0.1, 0.15) is 46.5 Å². The van der Waals surface area contributed by atoms with Gasteiger partial charge in [-0.1, -0.05) is 36.4 Å². The third-order valence-corrected chi connectivity index (χ3v) is 4.85. The molecule has 1 aromatic carbocycles. The van der Waals surface area contributed by atoms with E-state index in [4.69, 9.17) is 4.42 Å². The summed E-state index contributed by atoms with van der Waals surface area (Å²) in [6.07, 6.45) is 4.29. The molecule has 0 radical (unpaired) electrons. The minimum absolute atomic E-state index is 0.0719. The number of likely N-dealkylation sites (tertiary alicyclic amines) is 1. The van der Waals surface area contributed by atoms with E-state index in [1.165, 1.54) is 11.6 Å².